The first kappa shape index (κ1) is 18.1. The van der Waals surface area contributed by atoms with E-state index in [4.69, 9.17) is 5.73 Å². The standard InChI is InChI=1S/C15H19FN4O.ClH/c1-10-14(15(21)18-9-3-8-17)11(2)20(19-10)13-6-4-12(16)5-7-13;/h4-7H,3,8-9,17H2,1-2H3,(H,18,21);1H. The molecular formula is C15H20ClFN4O. The largest absolute Gasteiger partial charge is 0.352 e. The van der Waals surface area contributed by atoms with Gasteiger partial charge in [0, 0.05) is 6.54 Å². The number of nitrogens with one attached hydrogen (secondary N) is 1. The minimum absolute atomic E-state index is 0. The van der Waals surface area contributed by atoms with Gasteiger partial charge in [0.15, 0.2) is 0 Å². The lowest BCUT2D eigenvalue weighted by Gasteiger charge is -2.06. The van der Waals surface area contributed by atoms with Crippen LogP contribution >= 0.6 is 12.4 Å². The van der Waals surface area contributed by atoms with Crippen LogP contribution in [0.25, 0.3) is 5.69 Å². The van der Waals surface area contributed by atoms with Gasteiger partial charge < -0.3 is 11.1 Å². The van der Waals surface area contributed by atoms with E-state index in [9.17, 15) is 9.18 Å². The van der Waals surface area contributed by atoms with Crippen LogP contribution in [0.1, 0.15) is 28.2 Å². The van der Waals surface area contributed by atoms with Crippen LogP contribution in [-0.4, -0.2) is 28.8 Å². The lowest BCUT2D eigenvalue weighted by atomic mass is 10.2. The number of carbonyl (C=O) groups excluding carboxylic acids is 1. The molecule has 7 heteroatoms. The van der Waals surface area contributed by atoms with E-state index >= 15 is 0 Å². The van der Waals surface area contributed by atoms with Crippen LogP contribution in [0.2, 0.25) is 0 Å². The third-order valence-corrected chi connectivity index (χ3v) is 3.26. The van der Waals surface area contributed by atoms with Crippen molar-refractivity contribution in [2.24, 2.45) is 5.73 Å². The van der Waals surface area contributed by atoms with Crippen molar-refractivity contribution in [2.75, 3.05) is 13.1 Å². The predicted molar refractivity (Wildman–Crippen MR) is 86.2 cm³/mol. The summed E-state index contributed by atoms with van der Waals surface area (Å²) in [5.41, 5.74) is 8.05. The summed E-state index contributed by atoms with van der Waals surface area (Å²) in [6.45, 7) is 4.68. The third kappa shape index (κ3) is 3.84. The first-order valence-electron chi connectivity index (χ1n) is 6.85. The minimum atomic E-state index is -0.306. The summed E-state index contributed by atoms with van der Waals surface area (Å²) in [7, 11) is 0. The number of aromatic nitrogens is 2. The second kappa shape index (κ2) is 7.91. The van der Waals surface area contributed by atoms with E-state index in [-0.39, 0.29) is 24.1 Å². The lowest BCUT2D eigenvalue weighted by Crippen LogP contribution is -2.26. The second-order valence-electron chi connectivity index (χ2n) is 4.83. The molecule has 0 bridgehead atoms. The van der Waals surface area contributed by atoms with Crippen LogP contribution in [0.5, 0.6) is 0 Å². The average molecular weight is 327 g/mol. The summed E-state index contributed by atoms with van der Waals surface area (Å²) in [5.74, 6) is -0.466. The van der Waals surface area contributed by atoms with Gasteiger partial charge in [-0.1, -0.05) is 0 Å². The van der Waals surface area contributed by atoms with Crippen molar-refractivity contribution in [3.05, 3.63) is 47.0 Å². The Kier molecular flexibility index (Phi) is 6.52. The Morgan fingerprint density at radius 1 is 1.32 bits per heavy atom. The molecule has 0 aliphatic carbocycles. The highest BCUT2D eigenvalue weighted by Crippen LogP contribution is 2.18. The quantitative estimate of drug-likeness (QED) is 0.827. The number of halogens is 2. The number of rotatable bonds is 5. The summed E-state index contributed by atoms with van der Waals surface area (Å²) >= 11 is 0. The molecule has 0 fully saturated rings. The summed E-state index contributed by atoms with van der Waals surface area (Å²) in [5, 5.41) is 7.19. The Hall–Kier alpha value is -1.92. The van der Waals surface area contributed by atoms with Crippen molar-refractivity contribution in [1.82, 2.24) is 15.1 Å². The van der Waals surface area contributed by atoms with Crippen molar-refractivity contribution in [3.8, 4) is 5.69 Å². The molecule has 1 amide bonds. The maximum absolute atomic E-state index is 13.0. The monoisotopic (exact) mass is 326 g/mol. The number of carbonyl (C=O) groups is 1. The molecule has 1 aromatic heterocycles. The molecule has 120 valence electrons. The fourth-order valence-electron chi connectivity index (χ4n) is 2.20. The highest BCUT2D eigenvalue weighted by atomic mass is 35.5. The molecule has 5 nitrogen and oxygen atoms in total. The van der Waals surface area contributed by atoms with E-state index in [0.29, 0.717) is 24.3 Å². The first-order valence-corrected chi connectivity index (χ1v) is 6.85. The highest BCUT2D eigenvalue weighted by molar-refractivity contribution is 5.96. The van der Waals surface area contributed by atoms with Gasteiger partial charge in [-0.2, -0.15) is 5.10 Å². The molecule has 0 saturated heterocycles. The average Bonchev–Trinajstić information content (AvgIpc) is 2.75. The molecule has 0 radical (unpaired) electrons. The van der Waals surface area contributed by atoms with Gasteiger partial charge in [0.2, 0.25) is 0 Å². The van der Waals surface area contributed by atoms with Gasteiger partial charge in [-0.25, -0.2) is 9.07 Å². The summed E-state index contributed by atoms with van der Waals surface area (Å²) in [4.78, 5) is 12.2. The van der Waals surface area contributed by atoms with Crippen molar-refractivity contribution in [2.45, 2.75) is 20.3 Å². The van der Waals surface area contributed by atoms with Crippen molar-refractivity contribution >= 4 is 18.3 Å². The zero-order valence-corrected chi connectivity index (χ0v) is 13.4. The van der Waals surface area contributed by atoms with Gasteiger partial charge in [-0.3, -0.25) is 4.79 Å². The van der Waals surface area contributed by atoms with Crippen LogP contribution in [0.4, 0.5) is 4.39 Å². The van der Waals surface area contributed by atoms with Crippen molar-refractivity contribution in [1.29, 1.82) is 0 Å². The zero-order valence-electron chi connectivity index (χ0n) is 12.6. The van der Waals surface area contributed by atoms with E-state index in [1.165, 1.54) is 12.1 Å². The van der Waals surface area contributed by atoms with E-state index < -0.39 is 0 Å². The van der Waals surface area contributed by atoms with E-state index in [2.05, 4.69) is 10.4 Å². The Labute approximate surface area is 135 Å². The molecular weight excluding hydrogens is 307 g/mol. The maximum atomic E-state index is 13.0. The number of hydrogen-bond acceptors (Lipinski definition) is 3. The van der Waals surface area contributed by atoms with Gasteiger partial charge in [-0.05, 0) is 51.1 Å². The van der Waals surface area contributed by atoms with Crippen molar-refractivity contribution in [3.63, 3.8) is 0 Å². The van der Waals surface area contributed by atoms with Gasteiger partial charge in [0.05, 0.1) is 22.6 Å². The Bertz CT molecular complexity index is 640. The molecule has 0 aliphatic heterocycles. The minimum Gasteiger partial charge on any atom is -0.352 e. The molecule has 0 saturated carbocycles. The molecule has 2 aromatic rings. The number of aryl methyl sites for hydroxylation is 1. The van der Waals surface area contributed by atoms with Crippen LogP contribution in [-0.2, 0) is 0 Å². The predicted octanol–water partition coefficient (Wildman–Crippen LogP) is 2.13. The van der Waals surface area contributed by atoms with Crippen LogP contribution in [0.3, 0.4) is 0 Å². The Balaban J connectivity index is 0.00000242. The second-order valence-corrected chi connectivity index (χ2v) is 4.83. The first-order chi connectivity index (χ1) is 10.0. The number of benzene rings is 1. The molecule has 0 aliphatic rings. The lowest BCUT2D eigenvalue weighted by molar-refractivity contribution is 0.0952. The third-order valence-electron chi connectivity index (χ3n) is 3.26. The zero-order chi connectivity index (χ0) is 15.4. The molecule has 2 rings (SSSR count). The van der Waals surface area contributed by atoms with Gasteiger partial charge in [0.25, 0.3) is 5.91 Å². The Morgan fingerprint density at radius 2 is 1.95 bits per heavy atom. The number of amides is 1. The van der Waals surface area contributed by atoms with Crippen LogP contribution in [0, 0.1) is 19.7 Å². The fraction of sp³-hybridized carbons (Fsp3) is 0.333. The summed E-state index contributed by atoms with van der Waals surface area (Å²) < 4.78 is 14.6. The fourth-order valence-corrected chi connectivity index (χ4v) is 2.20. The Morgan fingerprint density at radius 3 is 2.55 bits per heavy atom. The SMILES string of the molecule is Cc1nn(-c2ccc(F)cc2)c(C)c1C(=O)NCCCN.Cl. The normalized spacial score (nSPS) is 10.2. The van der Waals surface area contributed by atoms with E-state index in [0.717, 1.165) is 17.8 Å². The molecule has 0 unspecified atom stereocenters. The molecule has 0 atom stereocenters. The maximum Gasteiger partial charge on any atom is 0.255 e. The number of nitrogens with zero attached hydrogens (tertiary/aromatic N) is 2. The molecule has 3 N–H and O–H groups in total. The van der Waals surface area contributed by atoms with Crippen LogP contribution in [0.15, 0.2) is 24.3 Å². The van der Waals surface area contributed by atoms with Crippen LogP contribution < -0.4 is 11.1 Å². The van der Waals surface area contributed by atoms with Gasteiger partial charge >= 0.3 is 0 Å². The van der Waals surface area contributed by atoms with Gasteiger partial charge in [0.1, 0.15) is 5.82 Å². The summed E-state index contributed by atoms with van der Waals surface area (Å²) in [6, 6.07) is 6.00. The molecule has 1 aromatic carbocycles. The van der Waals surface area contributed by atoms with E-state index in [1.807, 2.05) is 6.92 Å². The smallest absolute Gasteiger partial charge is 0.255 e. The molecule has 22 heavy (non-hydrogen) atoms. The number of hydrogen-bond donors (Lipinski definition) is 2. The highest BCUT2D eigenvalue weighted by Gasteiger charge is 2.18. The molecule has 1 heterocycles. The number of nitrogens with two attached hydrogens (primary N) is 1. The van der Waals surface area contributed by atoms with Gasteiger partial charge in [-0.15, -0.1) is 12.4 Å². The summed E-state index contributed by atoms with van der Waals surface area (Å²) in [6.07, 6.45) is 0.732. The van der Waals surface area contributed by atoms with E-state index in [1.54, 1.807) is 23.7 Å². The molecule has 0 spiro atoms. The van der Waals surface area contributed by atoms with Crippen molar-refractivity contribution < 1.29 is 9.18 Å². The topological polar surface area (TPSA) is 72.9 Å².